The summed E-state index contributed by atoms with van der Waals surface area (Å²) in [5.41, 5.74) is 3.98. The minimum absolute atomic E-state index is 0.0393. The van der Waals surface area contributed by atoms with Gasteiger partial charge < -0.3 is 5.32 Å². The topological polar surface area (TPSA) is 55.2 Å². The third-order valence-corrected chi connectivity index (χ3v) is 5.72. The molecule has 4 rings (SSSR count). The standard InChI is InChI=1S/C19H16Cl2N2O2/c1-10-7-12(23(24)25)9-16-13-3-2-4-14(13)19(22-18(10)16)15-6-5-11(20)8-17(15)21/h2-3,5-9,13-14,19,22H,4H2,1H3/t13-,14-,19-/m0/s1. The minimum atomic E-state index is -0.330. The molecule has 2 aliphatic rings. The molecule has 1 N–H and O–H groups in total. The van der Waals surface area contributed by atoms with E-state index < -0.39 is 0 Å². The molecule has 0 bridgehead atoms. The van der Waals surface area contributed by atoms with Gasteiger partial charge in [0.05, 0.1) is 11.0 Å². The first-order chi connectivity index (χ1) is 12.0. The Hall–Kier alpha value is -2.04. The van der Waals surface area contributed by atoms with E-state index in [2.05, 4.69) is 17.5 Å². The number of anilines is 1. The van der Waals surface area contributed by atoms with Crippen LogP contribution in [0.2, 0.25) is 10.0 Å². The first-order valence-electron chi connectivity index (χ1n) is 8.13. The first kappa shape index (κ1) is 16.4. The van der Waals surface area contributed by atoms with Crippen LogP contribution in [-0.4, -0.2) is 4.92 Å². The number of hydrogen-bond acceptors (Lipinski definition) is 3. The Bertz CT molecular complexity index is 911. The van der Waals surface area contributed by atoms with Crippen LogP contribution < -0.4 is 5.32 Å². The van der Waals surface area contributed by atoms with E-state index in [0.717, 1.165) is 28.8 Å². The quantitative estimate of drug-likeness (QED) is 0.396. The van der Waals surface area contributed by atoms with E-state index in [0.29, 0.717) is 10.0 Å². The second kappa shape index (κ2) is 6.04. The number of halogens is 2. The number of rotatable bonds is 2. The highest BCUT2D eigenvalue weighted by molar-refractivity contribution is 6.35. The molecular weight excluding hydrogens is 359 g/mol. The minimum Gasteiger partial charge on any atom is -0.377 e. The van der Waals surface area contributed by atoms with Crippen molar-refractivity contribution in [1.29, 1.82) is 0 Å². The zero-order valence-corrected chi connectivity index (χ0v) is 15.0. The molecule has 25 heavy (non-hydrogen) atoms. The summed E-state index contributed by atoms with van der Waals surface area (Å²) in [5, 5.41) is 16.1. The molecule has 3 atom stereocenters. The molecule has 0 saturated carbocycles. The Morgan fingerprint density at radius 3 is 2.72 bits per heavy atom. The van der Waals surface area contributed by atoms with Gasteiger partial charge in [0, 0.05) is 33.8 Å². The van der Waals surface area contributed by atoms with Crippen LogP contribution in [0, 0.1) is 23.0 Å². The maximum absolute atomic E-state index is 11.2. The summed E-state index contributed by atoms with van der Waals surface area (Å²) >= 11 is 12.5. The van der Waals surface area contributed by atoms with E-state index in [1.807, 2.05) is 19.1 Å². The third kappa shape index (κ3) is 2.70. The lowest BCUT2D eigenvalue weighted by molar-refractivity contribution is -0.385. The molecule has 2 aromatic carbocycles. The number of fused-ring (bicyclic) bond motifs is 3. The summed E-state index contributed by atoms with van der Waals surface area (Å²) in [6.45, 7) is 1.90. The van der Waals surface area contributed by atoms with Crippen LogP contribution >= 0.6 is 23.2 Å². The van der Waals surface area contributed by atoms with Gasteiger partial charge in [0.25, 0.3) is 5.69 Å². The Morgan fingerprint density at radius 2 is 2.00 bits per heavy atom. The molecule has 0 unspecified atom stereocenters. The van der Waals surface area contributed by atoms with Crippen LogP contribution in [0.5, 0.6) is 0 Å². The third-order valence-electron chi connectivity index (χ3n) is 5.16. The monoisotopic (exact) mass is 374 g/mol. The molecule has 0 radical (unpaired) electrons. The van der Waals surface area contributed by atoms with Crippen molar-refractivity contribution in [3.05, 3.63) is 79.3 Å². The predicted octanol–water partition coefficient (Wildman–Crippen LogP) is 6.04. The highest BCUT2D eigenvalue weighted by Crippen LogP contribution is 2.52. The maximum Gasteiger partial charge on any atom is 0.270 e. The number of nitro groups is 1. The smallest absolute Gasteiger partial charge is 0.270 e. The van der Waals surface area contributed by atoms with Gasteiger partial charge in [-0.25, -0.2) is 0 Å². The van der Waals surface area contributed by atoms with Gasteiger partial charge in [0.1, 0.15) is 0 Å². The molecule has 1 aliphatic carbocycles. The van der Waals surface area contributed by atoms with Gasteiger partial charge in [0.15, 0.2) is 0 Å². The Morgan fingerprint density at radius 1 is 1.20 bits per heavy atom. The molecule has 0 amide bonds. The Balaban J connectivity index is 1.84. The van der Waals surface area contributed by atoms with Crippen molar-refractivity contribution < 1.29 is 4.92 Å². The number of nitrogens with zero attached hydrogens (tertiary/aromatic N) is 1. The van der Waals surface area contributed by atoms with Gasteiger partial charge in [-0.2, -0.15) is 0 Å². The van der Waals surface area contributed by atoms with E-state index in [1.165, 1.54) is 0 Å². The number of allylic oxidation sites excluding steroid dienone is 2. The average molecular weight is 375 g/mol. The number of nitrogens with one attached hydrogen (secondary N) is 1. The summed E-state index contributed by atoms with van der Waals surface area (Å²) in [4.78, 5) is 10.9. The van der Waals surface area contributed by atoms with Gasteiger partial charge in [-0.3, -0.25) is 10.1 Å². The fourth-order valence-corrected chi connectivity index (χ4v) is 4.56. The van der Waals surface area contributed by atoms with Crippen molar-refractivity contribution in [3.8, 4) is 0 Å². The molecule has 6 heteroatoms. The van der Waals surface area contributed by atoms with E-state index in [9.17, 15) is 10.1 Å². The first-order valence-corrected chi connectivity index (χ1v) is 8.88. The van der Waals surface area contributed by atoms with Crippen molar-refractivity contribution >= 4 is 34.6 Å². The molecule has 2 aromatic rings. The van der Waals surface area contributed by atoms with Crippen LogP contribution in [-0.2, 0) is 0 Å². The zero-order valence-electron chi connectivity index (χ0n) is 13.5. The van der Waals surface area contributed by atoms with Crippen molar-refractivity contribution in [2.24, 2.45) is 5.92 Å². The highest BCUT2D eigenvalue weighted by atomic mass is 35.5. The molecule has 0 fully saturated rings. The van der Waals surface area contributed by atoms with Gasteiger partial charge in [0.2, 0.25) is 0 Å². The van der Waals surface area contributed by atoms with Crippen molar-refractivity contribution in [2.75, 3.05) is 5.32 Å². The molecule has 0 saturated heterocycles. The average Bonchev–Trinajstić information content (AvgIpc) is 3.04. The van der Waals surface area contributed by atoms with E-state index >= 15 is 0 Å². The molecule has 4 nitrogen and oxygen atoms in total. The maximum atomic E-state index is 11.2. The largest absolute Gasteiger partial charge is 0.377 e. The molecule has 128 valence electrons. The predicted molar refractivity (Wildman–Crippen MR) is 101 cm³/mol. The lowest BCUT2D eigenvalue weighted by Gasteiger charge is -2.38. The number of aryl methyl sites for hydroxylation is 1. The fourth-order valence-electron chi connectivity index (χ4n) is 4.03. The zero-order chi connectivity index (χ0) is 17.7. The lowest BCUT2D eigenvalue weighted by atomic mass is 9.76. The van der Waals surface area contributed by atoms with E-state index in [1.54, 1.807) is 18.2 Å². The molecule has 0 spiro atoms. The van der Waals surface area contributed by atoms with Gasteiger partial charge in [-0.15, -0.1) is 0 Å². The molecule has 0 aromatic heterocycles. The number of nitro benzene ring substituents is 1. The number of hydrogen-bond donors (Lipinski definition) is 1. The second-order valence-electron chi connectivity index (χ2n) is 6.63. The highest BCUT2D eigenvalue weighted by Gasteiger charge is 2.40. The van der Waals surface area contributed by atoms with Crippen molar-refractivity contribution in [1.82, 2.24) is 0 Å². The van der Waals surface area contributed by atoms with E-state index in [-0.39, 0.29) is 28.5 Å². The fraction of sp³-hybridized carbons (Fsp3) is 0.263. The second-order valence-corrected chi connectivity index (χ2v) is 7.47. The number of non-ortho nitro benzene ring substituents is 1. The molecule has 1 heterocycles. The summed E-state index contributed by atoms with van der Waals surface area (Å²) in [7, 11) is 0. The lowest BCUT2D eigenvalue weighted by Crippen LogP contribution is -2.29. The Labute approximate surface area is 155 Å². The normalized spacial score (nSPS) is 23.7. The van der Waals surface area contributed by atoms with E-state index in [4.69, 9.17) is 23.2 Å². The van der Waals surface area contributed by atoms with Crippen LogP contribution in [0.1, 0.15) is 35.1 Å². The van der Waals surface area contributed by atoms with Crippen LogP contribution in [0.3, 0.4) is 0 Å². The van der Waals surface area contributed by atoms with Crippen LogP contribution in [0.15, 0.2) is 42.5 Å². The summed E-state index contributed by atoms with van der Waals surface area (Å²) in [5.74, 6) is 0.416. The van der Waals surface area contributed by atoms with Crippen LogP contribution in [0.25, 0.3) is 0 Å². The van der Waals surface area contributed by atoms with Crippen molar-refractivity contribution in [3.63, 3.8) is 0 Å². The molecule has 1 aliphatic heterocycles. The SMILES string of the molecule is Cc1cc([N+](=O)[O-])cc2c1N[C@H](c1ccc(Cl)cc1Cl)[C@H]1CC=C[C@H]21. The summed E-state index contributed by atoms with van der Waals surface area (Å²) in [6.07, 6.45) is 5.21. The van der Waals surface area contributed by atoms with Crippen molar-refractivity contribution in [2.45, 2.75) is 25.3 Å². The van der Waals surface area contributed by atoms with Gasteiger partial charge in [-0.05, 0) is 48.1 Å². The van der Waals surface area contributed by atoms with Crippen LogP contribution in [0.4, 0.5) is 11.4 Å². The molecular formula is C19H16Cl2N2O2. The number of benzene rings is 2. The summed E-state index contributed by atoms with van der Waals surface area (Å²) in [6, 6.07) is 8.92. The van der Waals surface area contributed by atoms with Gasteiger partial charge in [-0.1, -0.05) is 41.4 Å². The Kier molecular flexibility index (Phi) is 3.97. The summed E-state index contributed by atoms with van der Waals surface area (Å²) < 4.78 is 0. The van der Waals surface area contributed by atoms with Gasteiger partial charge >= 0.3 is 0 Å².